The van der Waals surface area contributed by atoms with Crippen molar-refractivity contribution in [1.29, 1.82) is 0 Å². The molecule has 2 aromatic carbocycles. The average Bonchev–Trinajstić information content (AvgIpc) is 2.54. The van der Waals surface area contributed by atoms with Crippen LogP contribution in [0, 0.1) is 14.3 Å². The second-order valence-electron chi connectivity index (χ2n) is 4.94. The monoisotopic (exact) mass is 841 g/mol. The Balaban J connectivity index is 1.97. The molecule has 27 heavy (non-hydrogen) atoms. The summed E-state index contributed by atoms with van der Waals surface area (Å²) in [4.78, 5) is 11.8. The molecule has 0 aliphatic rings. The molecule has 0 aliphatic heterocycles. The van der Waals surface area contributed by atoms with Gasteiger partial charge in [0.2, 0.25) is 0 Å². The largest absolute Gasteiger partial charge is 0.744 e. The zero-order chi connectivity index (χ0) is 20.4. The Kier molecular flexibility index (Phi) is 8.66. The molecule has 1 N–H and O–H groups in total. The van der Waals surface area contributed by atoms with Crippen LogP contribution in [0.1, 0.15) is 10.4 Å². The van der Waals surface area contributed by atoms with Crippen molar-refractivity contribution >= 4 is 106 Å². The van der Waals surface area contributed by atoms with E-state index in [-0.39, 0.29) is 31.0 Å². The van der Waals surface area contributed by atoms with Gasteiger partial charge in [0, 0.05) is 7.14 Å². The lowest BCUT2D eigenvalue weighted by molar-refractivity contribution is 0.0450. The van der Waals surface area contributed by atoms with E-state index in [1.165, 1.54) is 24.3 Å². The van der Waals surface area contributed by atoms with Crippen molar-refractivity contribution in [2.24, 2.45) is 0 Å². The number of carbonyl (C=O) groups excluding carboxylic acids is 1. The lowest BCUT2D eigenvalue weighted by Crippen LogP contribution is -2.13. The molecule has 146 valence electrons. The molecule has 0 saturated carbocycles. The molecule has 0 aromatic heterocycles. The first-order valence-electron chi connectivity index (χ1n) is 6.93. The smallest absolute Gasteiger partial charge is 0.338 e. The van der Waals surface area contributed by atoms with Crippen LogP contribution in [0.5, 0.6) is 11.5 Å². The molecule has 0 amide bonds. The summed E-state index contributed by atoms with van der Waals surface area (Å²) in [5, 5.41) is 9.72. The van der Waals surface area contributed by atoms with E-state index in [9.17, 15) is 22.9 Å². The number of halogens is 4. The molecular weight excluding hydrogens is 832 g/mol. The van der Waals surface area contributed by atoms with Gasteiger partial charge in [-0.3, -0.25) is 0 Å². The van der Waals surface area contributed by atoms with Crippen molar-refractivity contribution < 1.29 is 32.3 Å². The van der Waals surface area contributed by atoms with Crippen molar-refractivity contribution in [3.8, 4) is 11.5 Å². The minimum atomic E-state index is -4.57. The SMILES string of the molecule is O=C(OCCOc1cc(I)c(S(=O)(=O)[O-])c(I)c1)c1cc(I)c(O)c(I)c1. The molecule has 7 nitrogen and oxygen atoms in total. The van der Waals surface area contributed by atoms with Crippen LogP contribution in [0.3, 0.4) is 0 Å². The molecule has 0 bridgehead atoms. The highest BCUT2D eigenvalue weighted by molar-refractivity contribution is 14.1. The first-order valence-corrected chi connectivity index (χ1v) is 12.7. The minimum absolute atomic E-state index is 0.0262. The normalized spacial score (nSPS) is 11.3. The summed E-state index contributed by atoms with van der Waals surface area (Å²) in [7, 11) is -4.57. The van der Waals surface area contributed by atoms with E-state index in [2.05, 4.69) is 0 Å². The number of hydrogen-bond acceptors (Lipinski definition) is 7. The third-order valence-electron chi connectivity index (χ3n) is 3.06. The number of hydrogen-bond donors (Lipinski definition) is 1. The number of carbonyl (C=O) groups is 1. The summed E-state index contributed by atoms with van der Waals surface area (Å²) in [5.74, 6) is -0.0730. The predicted molar refractivity (Wildman–Crippen MR) is 129 cm³/mol. The van der Waals surface area contributed by atoms with E-state index in [4.69, 9.17) is 9.47 Å². The average molecular weight is 841 g/mol. The van der Waals surface area contributed by atoms with E-state index in [0.29, 0.717) is 18.5 Å². The minimum Gasteiger partial charge on any atom is -0.744 e. The molecule has 0 unspecified atom stereocenters. The fourth-order valence-corrected chi connectivity index (χ4v) is 7.61. The van der Waals surface area contributed by atoms with Crippen molar-refractivity contribution in [2.75, 3.05) is 13.2 Å². The second kappa shape index (κ2) is 9.90. The van der Waals surface area contributed by atoms with Gasteiger partial charge in [-0.05, 0) is 115 Å². The molecule has 2 rings (SSSR count). The number of benzene rings is 2. The second-order valence-corrected chi connectivity index (χ2v) is 10.9. The van der Waals surface area contributed by atoms with Crippen LogP contribution in [-0.2, 0) is 14.9 Å². The van der Waals surface area contributed by atoms with Crippen LogP contribution in [-0.4, -0.2) is 37.3 Å². The van der Waals surface area contributed by atoms with Gasteiger partial charge >= 0.3 is 5.97 Å². The number of ether oxygens (including phenoxy) is 2. The summed E-state index contributed by atoms with van der Waals surface area (Å²) in [6.45, 7) is 0.0231. The maximum atomic E-state index is 12.1. The van der Waals surface area contributed by atoms with Gasteiger partial charge in [0.15, 0.2) is 0 Å². The molecule has 0 atom stereocenters. The molecule has 0 fully saturated rings. The van der Waals surface area contributed by atoms with Crippen LogP contribution < -0.4 is 4.74 Å². The highest BCUT2D eigenvalue weighted by Crippen LogP contribution is 2.29. The van der Waals surface area contributed by atoms with Crippen molar-refractivity contribution in [3.63, 3.8) is 0 Å². The van der Waals surface area contributed by atoms with E-state index < -0.39 is 16.1 Å². The fraction of sp³-hybridized carbons (Fsp3) is 0.133. The van der Waals surface area contributed by atoms with Gasteiger partial charge in [-0.15, -0.1) is 0 Å². The maximum absolute atomic E-state index is 12.1. The van der Waals surface area contributed by atoms with Gasteiger partial charge in [0.25, 0.3) is 0 Å². The third kappa shape index (κ3) is 6.41. The van der Waals surface area contributed by atoms with Gasteiger partial charge in [-0.2, -0.15) is 0 Å². The van der Waals surface area contributed by atoms with Gasteiger partial charge in [0.05, 0.1) is 17.6 Å². The summed E-state index contributed by atoms with van der Waals surface area (Å²) < 4.78 is 45.9. The number of esters is 1. The van der Waals surface area contributed by atoms with Gasteiger partial charge in [0.1, 0.15) is 34.8 Å². The van der Waals surface area contributed by atoms with Crippen LogP contribution in [0.4, 0.5) is 0 Å². The Morgan fingerprint density at radius 1 is 0.963 bits per heavy atom. The van der Waals surface area contributed by atoms with E-state index >= 15 is 0 Å². The summed E-state index contributed by atoms with van der Waals surface area (Å²) in [6.07, 6.45) is 0. The molecule has 12 heteroatoms. The van der Waals surface area contributed by atoms with E-state index in [1.54, 1.807) is 45.2 Å². The van der Waals surface area contributed by atoms with Gasteiger partial charge in [-0.25, -0.2) is 13.2 Å². The number of rotatable bonds is 6. The Bertz CT molecular complexity index is 946. The summed E-state index contributed by atoms with van der Waals surface area (Å²) in [6, 6.07) is 5.90. The predicted octanol–water partition coefficient (Wildman–Crippen LogP) is 3.95. The molecule has 0 aliphatic carbocycles. The topological polar surface area (TPSA) is 113 Å². The van der Waals surface area contributed by atoms with Gasteiger partial charge in [-0.1, -0.05) is 0 Å². The van der Waals surface area contributed by atoms with Crippen molar-refractivity contribution in [2.45, 2.75) is 4.90 Å². The first kappa shape index (κ1) is 23.6. The molecular formula is C15H9I4O7S-. The summed E-state index contributed by atoms with van der Waals surface area (Å²) >= 11 is 7.35. The molecule has 0 radical (unpaired) electrons. The van der Waals surface area contributed by atoms with Gasteiger partial charge < -0.3 is 19.1 Å². The Morgan fingerprint density at radius 2 is 1.48 bits per heavy atom. The number of phenols is 1. The lowest BCUT2D eigenvalue weighted by atomic mass is 10.2. The fourth-order valence-electron chi connectivity index (χ4n) is 1.92. The third-order valence-corrected chi connectivity index (χ3v) is 8.08. The number of phenolic OH excluding ortho intramolecular Hbond substituents is 1. The highest BCUT2D eigenvalue weighted by Gasteiger charge is 2.15. The quantitative estimate of drug-likeness (QED) is 0.203. The van der Waals surface area contributed by atoms with Crippen LogP contribution in [0.2, 0.25) is 0 Å². The van der Waals surface area contributed by atoms with Crippen LogP contribution in [0.25, 0.3) is 0 Å². The Labute approximate surface area is 209 Å². The first-order chi connectivity index (χ1) is 12.5. The molecule has 0 heterocycles. The molecule has 2 aromatic rings. The Morgan fingerprint density at radius 3 is 1.96 bits per heavy atom. The Hall–Kier alpha value is 0.340. The summed E-state index contributed by atoms with van der Waals surface area (Å²) in [5.41, 5.74) is 0.315. The molecule has 0 spiro atoms. The highest BCUT2D eigenvalue weighted by atomic mass is 127. The number of aromatic hydroxyl groups is 1. The van der Waals surface area contributed by atoms with Crippen molar-refractivity contribution in [3.05, 3.63) is 44.1 Å². The van der Waals surface area contributed by atoms with Crippen molar-refractivity contribution in [1.82, 2.24) is 0 Å². The lowest BCUT2D eigenvalue weighted by Gasteiger charge is -2.14. The molecule has 0 saturated heterocycles. The van der Waals surface area contributed by atoms with Crippen LogP contribution >= 0.6 is 90.4 Å². The van der Waals surface area contributed by atoms with Crippen LogP contribution in [0.15, 0.2) is 29.2 Å². The zero-order valence-electron chi connectivity index (χ0n) is 13.0. The standard InChI is InChI=1S/C15H10I4O7S/c16-9-3-7(4-10(17)13(9)20)15(21)26-2-1-25-8-5-11(18)14(12(19)6-8)27(22,23)24/h3-6,20H,1-2H2,(H,22,23,24)/p-1. The maximum Gasteiger partial charge on any atom is 0.338 e. The zero-order valence-corrected chi connectivity index (χ0v) is 22.5. The van der Waals surface area contributed by atoms with E-state index in [1.807, 2.05) is 45.2 Å². The van der Waals surface area contributed by atoms with E-state index in [0.717, 1.165) is 0 Å².